The number of nitrogens with zero attached hydrogens (tertiary/aromatic N) is 3. The third-order valence-electron chi connectivity index (χ3n) is 5.36. The highest BCUT2D eigenvalue weighted by Crippen LogP contribution is 2.73. The number of rotatable bonds is 6. The summed E-state index contributed by atoms with van der Waals surface area (Å²) in [6.45, 7) is 0.398. The molecule has 0 aliphatic heterocycles. The number of nitrogens with one attached hydrogen (secondary N) is 1. The van der Waals surface area contributed by atoms with Crippen LogP contribution in [-0.4, -0.2) is 22.5 Å². The van der Waals surface area contributed by atoms with E-state index in [2.05, 4.69) is 15.3 Å². The fourth-order valence-corrected chi connectivity index (χ4v) is 4.12. The molecule has 0 radical (unpaired) electrons. The minimum absolute atomic E-state index is 0.0332. The van der Waals surface area contributed by atoms with Gasteiger partial charge >= 0.3 is 0 Å². The largest absolute Gasteiger partial charge is 0.476 e. The van der Waals surface area contributed by atoms with Crippen molar-refractivity contribution in [2.45, 2.75) is 25.8 Å². The summed E-state index contributed by atoms with van der Waals surface area (Å²) in [5.41, 5.74) is -0.119. The highest BCUT2D eigenvalue weighted by atomic mass is 19.2. The van der Waals surface area contributed by atoms with Crippen molar-refractivity contribution in [3.05, 3.63) is 53.5 Å². The second-order valence-electron chi connectivity index (χ2n) is 7.35. The van der Waals surface area contributed by atoms with E-state index < -0.39 is 17.0 Å². The van der Waals surface area contributed by atoms with Crippen LogP contribution in [0.25, 0.3) is 0 Å². The van der Waals surface area contributed by atoms with Crippen LogP contribution >= 0.6 is 0 Å². The van der Waals surface area contributed by atoms with Crippen LogP contribution < -0.4 is 10.1 Å². The van der Waals surface area contributed by atoms with Crippen LogP contribution in [0.2, 0.25) is 0 Å². The topological polar surface area (TPSA) is 87.9 Å². The number of aromatic nitrogens is 2. The smallest absolute Gasteiger partial charge is 0.232 e. The predicted octanol–water partition coefficient (Wildman–Crippen LogP) is 2.49. The second-order valence-corrected chi connectivity index (χ2v) is 7.35. The van der Waals surface area contributed by atoms with Crippen LogP contribution in [0.4, 0.5) is 8.78 Å². The fraction of sp³-hybridized carbons (Fsp3) is 0.368. The summed E-state index contributed by atoms with van der Waals surface area (Å²) in [4.78, 5) is 20.3. The van der Waals surface area contributed by atoms with Crippen LogP contribution in [0.15, 0.2) is 30.6 Å². The maximum atomic E-state index is 13.7. The maximum absolute atomic E-state index is 13.7. The van der Waals surface area contributed by atoms with Crippen molar-refractivity contribution in [3.63, 3.8) is 0 Å². The Hall–Kier alpha value is -3.08. The monoisotopic (exact) mass is 370 g/mol. The lowest BCUT2D eigenvalue weighted by Gasteiger charge is -2.68. The Labute approximate surface area is 154 Å². The number of halogens is 2. The molecule has 0 unspecified atom stereocenters. The van der Waals surface area contributed by atoms with Crippen LogP contribution in [0.3, 0.4) is 0 Å². The Bertz CT molecular complexity index is 920. The molecule has 2 bridgehead atoms. The third kappa shape index (κ3) is 2.99. The summed E-state index contributed by atoms with van der Waals surface area (Å²) < 4.78 is 32.5. The number of hydrogen-bond donors (Lipinski definition) is 1. The molecule has 3 aliphatic carbocycles. The van der Waals surface area contributed by atoms with Gasteiger partial charge in [-0.15, -0.1) is 0 Å². The van der Waals surface area contributed by atoms with E-state index in [1.807, 2.05) is 6.07 Å². The average Bonchev–Trinajstić information content (AvgIpc) is 2.61. The van der Waals surface area contributed by atoms with Gasteiger partial charge in [0.2, 0.25) is 11.8 Å². The van der Waals surface area contributed by atoms with E-state index in [0.717, 1.165) is 6.07 Å². The van der Waals surface area contributed by atoms with Crippen molar-refractivity contribution >= 4 is 5.91 Å². The molecular formula is C19H16F2N4O2. The lowest BCUT2D eigenvalue weighted by Crippen LogP contribution is -2.69. The van der Waals surface area contributed by atoms with Gasteiger partial charge in [-0.1, -0.05) is 12.1 Å². The molecule has 1 N–H and O–H groups in total. The zero-order chi connectivity index (χ0) is 19.1. The zero-order valence-electron chi connectivity index (χ0n) is 14.3. The van der Waals surface area contributed by atoms with Gasteiger partial charge in [0.1, 0.15) is 6.07 Å². The van der Waals surface area contributed by atoms with Gasteiger partial charge in [0.25, 0.3) is 0 Å². The van der Waals surface area contributed by atoms with Crippen molar-refractivity contribution in [1.29, 1.82) is 5.26 Å². The molecule has 1 heterocycles. The summed E-state index contributed by atoms with van der Waals surface area (Å²) in [6.07, 6.45) is 4.83. The predicted molar refractivity (Wildman–Crippen MR) is 89.2 cm³/mol. The van der Waals surface area contributed by atoms with E-state index in [4.69, 9.17) is 10.00 Å². The Morgan fingerprint density at radius 1 is 1.26 bits per heavy atom. The molecule has 1 aromatic carbocycles. The summed E-state index contributed by atoms with van der Waals surface area (Å²) in [5.74, 6) is -1.64. The lowest BCUT2D eigenvalue weighted by atomic mass is 9.35. The van der Waals surface area contributed by atoms with Crippen LogP contribution in [0.5, 0.6) is 5.88 Å². The molecule has 3 saturated carbocycles. The second kappa shape index (κ2) is 6.27. The third-order valence-corrected chi connectivity index (χ3v) is 5.36. The van der Waals surface area contributed by atoms with Crippen molar-refractivity contribution in [1.82, 2.24) is 15.3 Å². The standard InChI is InChI=1S/C19H16F2N4O2/c20-14-3-1-2-12(16(14)21)5-25-17(26)19-8-18(9-19,10-19)11-27-15-7-23-13(4-22)6-24-15/h1-3,6-7H,5,8-11H2,(H,25,26). The SMILES string of the molecule is N#Cc1cnc(OCC23CC(C(=O)NCc4cccc(F)c4F)(C2)C3)cn1. The van der Waals surface area contributed by atoms with Crippen LogP contribution in [-0.2, 0) is 11.3 Å². The molecule has 27 heavy (non-hydrogen) atoms. The molecule has 1 aromatic heterocycles. The van der Waals surface area contributed by atoms with E-state index >= 15 is 0 Å². The number of nitriles is 1. The maximum Gasteiger partial charge on any atom is 0.232 e. The van der Waals surface area contributed by atoms with E-state index in [0.29, 0.717) is 31.7 Å². The minimum Gasteiger partial charge on any atom is -0.476 e. The quantitative estimate of drug-likeness (QED) is 0.844. The normalized spacial score (nSPS) is 24.9. The summed E-state index contributed by atoms with van der Waals surface area (Å²) in [7, 11) is 0. The molecule has 8 heteroatoms. The van der Waals surface area contributed by atoms with Crippen molar-refractivity contribution in [2.24, 2.45) is 10.8 Å². The first-order valence-electron chi connectivity index (χ1n) is 8.52. The average molecular weight is 370 g/mol. The van der Waals surface area contributed by atoms with Crippen molar-refractivity contribution in [3.8, 4) is 11.9 Å². The highest BCUT2D eigenvalue weighted by Gasteiger charge is 2.71. The molecule has 6 nitrogen and oxygen atoms in total. The molecule has 0 atom stereocenters. The first-order valence-corrected chi connectivity index (χ1v) is 8.52. The van der Waals surface area contributed by atoms with Gasteiger partial charge in [0.05, 0.1) is 24.4 Å². The number of benzene rings is 1. The molecule has 2 aromatic rings. The van der Waals surface area contributed by atoms with Gasteiger partial charge in [-0.3, -0.25) is 4.79 Å². The minimum atomic E-state index is -0.927. The molecule has 138 valence electrons. The molecule has 3 aliphatic rings. The summed E-state index contributed by atoms with van der Waals surface area (Å²) >= 11 is 0. The fourth-order valence-electron chi connectivity index (χ4n) is 4.12. The van der Waals surface area contributed by atoms with Gasteiger partial charge in [-0.05, 0) is 25.3 Å². The Balaban J connectivity index is 1.26. The number of hydrogen-bond acceptors (Lipinski definition) is 5. The van der Waals surface area contributed by atoms with E-state index in [1.165, 1.54) is 24.5 Å². The van der Waals surface area contributed by atoms with E-state index in [9.17, 15) is 13.6 Å². The van der Waals surface area contributed by atoms with Gasteiger partial charge < -0.3 is 10.1 Å². The molecule has 5 rings (SSSR count). The van der Waals surface area contributed by atoms with E-state index in [-0.39, 0.29) is 29.1 Å². The van der Waals surface area contributed by atoms with Gasteiger partial charge in [0, 0.05) is 17.5 Å². The van der Waals surface area contributed by atoms with Gasteiger partial charge in [-0.25, -0.2) is 18.7 Å². The van der Waals surface area contributed by atoms with Crippen molar-refractivity contribution < 1.29 is 18.3 Å². The molecular weight excluding hydrogens is 354 g/mol. The molecule has 0 spiro atoms. The first-order chi connectivity index (χ1) is 13.0. The molecule has 1 amide bonds. The van der Waals surface area contributed by atoms with Gasteiger partial charge in [-0.2, -0.15) is 5.26 Å². The highest BCUT2D eigenvalue weighted by molar-refractivity contribution is 5.86. The van der Waals surface area contributed by atoms with Crippen LogP contribution in [0.1, 0.15) is 30.5 Å². The summed E-state index contributed by atoms with van der Waals surface area (Å²) in [5, 5.41) is 11.4. The molecule has 0 saturated heterocycles. The van der Waals surface area contributed by atoms with E-state index in [1.54, 1.807) is 0 Å². The summed E-state index contributed by atoms with van der Waals surface area (Å²) in [6, 6.07) is 5.80. The van der Waals surface area contributed by atoms with Gasteiger partial charge in [0.15, 0.2) is 17.3 Å². The van der Waals surface area contributed by atoms with Crippen LogP contribution in [0, 0.1) is 33.8 Å². The first kappa shape index (κ1) is 17.3. The number of carbonyl (C=O) groups is 1. The Morgan fingerprint density at radius 3 is 2.70 bits per heavy atom. The number of amides is 1. The molecule has 3 fully saturated rings. The Morgan fingerprint density at radius 2 is 2.04 bits per heavy atom. The van der Waals surface area contributed by atoms with Crippen molar-refractivity contribution in [2.75, 3.05) is 6.61 Å². The Kier molecular flexibility index (Phi) is 4.02. The number of carbonyl (C=O) groups excluding carboxylic acids is 1. The number of ether oxygens (including phenoxy) is 1. The lowest BCUT2D eigenvalue weighted by molar-refractivity contribution is -0.217. The zero-order valence-corrected chi connectivity index (χ0v) is 14.3.